The zero-order valence-corrected chi connectivity index (χ0v) is 10.9. The lowest BCUT2D eigenvalue weighted by Gasteiger charge is -2.31. The van der Waals surface area contributed by atoms with Gasteiger partial charge >= 0.3 is 0 Å². The van der Waals surface area contributed by atoms with E-state index in [0.29, 0.717) is 0 Å². The Morgan fingerprint density at radius 3 is 2.00 bits per heavy atom. The Kier molecular flexibility index (Phi) is 3.80. The van der Waals surface area contributed by atoms with Crippen LogP contribution in [0.4, 0.5) is 0 Å². The maximum Gasteiger partial charge on any atom is 0.0900 e. The number of hydrogen-bond donors (Lipinski definition) is 2. The summed E-state index contributed by atoms with van der Waals surface area (Å²) in [5.74, 6) is 0. The van der Waals surface area contributed by atoms with Crippen LogP contribution < -0.4 is 11.1 Å². The van der Waals surface area contributed by atoms with Gasteiger partial charge in [-0.3, -0.25) is 5.32 Å². The first kappa shape index (κ1) is 12.8. The van der Waals surface area contributed by atoms with Gasteiger partial charge in [0.25, 0.3) is 0 Å². The molecule has 2 heteroatoms. The number of hydrogen-bond acceptors (Lipinski definition) is 2. The highest BCUT2D eigenvalue weighted by Gasteiger charge is 2.22. The van der Waals surface area contributed by atoms with Crippen molar-refractivity contribution >= 4 is 0 Å². The van der Waals surface area contributed by atoms with Crippen LogP contribution in [-0.4, -0.2) is 0 Å². The van der Waals surface area contributed by atoms with Crippen molar-refractivity contribution in [2.24, 2.45) is 5.73 Å². The third-order valence-electron chi connectivity index (χ3n) is 3.19. The van der Waals surface area contributed by atoms with Gasteiger partial charge in [0.15, 0.2) is 0 Å². The summed E-state index contributed by atoms with van der Waals surface area (Å²) < 4.78 is 0. The summed E-state index contributed by atoms with van der Waals surface area (Å²) in [5, 5.41) is 3.47. The molecule has 0 aliphatic heterocycles. The molecule has 0 bridgehead atoms. The fourth-order valence-corrected chi connectivity index (χ4v) is 2.14. The predicted octanol–water partition coefficient (Wildman–Crippen LogP) is 3.17. The van der Waals surface area contributed by atoms with E-state index >= 15 is 0 Å². The summed E-state index contributed by atoms with van der Waals surface area (Å²) in [6.07, 6.45) is 0. The number of benzene rings is 2. The van der Waals surface area contributed by atoms with Crippen LogP contribution in [0.15, 0.2) is 60.7 Å². The quantitative estimate of drug-likeness (QED) is 0.806. The zero-order valence-electron chi connectivity index (χ0n) is 10.9. The van der Waals surface area contributed by atoms with Crippen molar-refractivity contribution in [1.82, 2.24) is 5.32 Å². The third-order valence-corrected chi connectivity index (χ3v) is 3.19. The summed E-state index contributed by atoms with van der Waals surface area (Å²) in [6.45, 7) is 4.13. The minimum absolute atomic E-state index is 0.210. The van der Waals surface area contributed by atoms with Crippen LogP contribution in [0.3, 0.4) is 0 Å². The molecule has 0 aliphatic carbocycles. The molecule has 0 fully saturated rings. The summed E-state index contributed by atoms with van der Waals surface area (Å²) in [5.41, 5.74) is 8.17. The minimum atomic E-state index is -0.531. The maximum atomic E-state index is 6.37. The van der Waals surface area contributed by atoms with Gasteiger partial charge in [-0.2, -0.15) is 0 Å². The van der Waals surface area contributed by atoms with Gasteiger partial charge in [-0.25, -0.2) is 0 Å². The molecule has 2 nitrogen and oxygen atoms in total. The Bertz CT molecular complexity index is 477. The standard InChI is InChI=1S/C16H20N2/c1-13(14-9-5-3-6-10-14)18-16(2,17)15-11-7-4-8-12-15/h3-13,18H,17H2,1-2H3/t13?,16-/m1/s1. The van der Waals surface area contributed by atoms with E-state index in [0.717, 1.165) is 5.56 Å². The molecule has 1 unspecified atom stereocenters. The molecule has 0 aromatic heterocycles. The van der Waals surface area contributed by atoms with Crippen molar-refractivity contribution in [3.63, 3.8) is 0 Å². The van der Waals surface area contributed by atoms with Gasteiger partial charge in [-0.05, 0) is 25.0 Å². The molecule has 0 radical (unpaired) electrons. The highest BCUT2D eigenvalue weighted by Crippen LogP contribution is 2.20. The van der Waals surface area contributed by atoms with E-state index in [-0.39, 0.29) is 6.04 Å². The summed E-state index contributed by atoms with van der Waals surface area (Å²) in [6, 6.07) is 20.7. The molecule has 94 valence electrons. The van der Waals surface area contributed by atoms with E-state index in [1.807, 2.05) is 55.5 Å². The second-order valence-electron chi connectivity index (χ2n) is 4.85. The molecule has 18 heavy (non-hydrogen) atoms. The van der Waals surface area contributed by atoms with Crippen molar-refractivity contribution in [2.45, 2.75) is 25.6 Å². The molecular formula is C16H20N2. The number of nitrogens with one attached hydrogen (secondary N) is 1. The molecule has 0 aliphatic rings. The average molecular weight is 240 g/mol. The average Bonchev–Trinajstić information content (AvgIpc) is 2.40. The van der Waals surface area contributed by atoms with Crippen LogP contribution in [0.2, 0.25) is 0 Å². The van der Waals surface area contributed by atoms with Gasteiger partial charge in [0.2, 0.25) is 0 Å². The first-order valence-corrected chi connectivity index (χ1v) is 6.26. The highest BCUT2D eigenvalue weighted by atomic mass is 15.1. The van der Waals surface area contributed by atoms with Gasteiger partial charge < -0.3 is 5.73 Å². The lowest BCUT2D eigenvalue weighted by atomic mass is 9.99. The second kappa shape index (κ2) is 5.34. The Hall–Kier alpha value is -1.64. The van der Waals surface area contributed by atoms with Crippen LogP contribution in [-0.2, 0) is 5.66 Å². The van der Waals surface area contributed by atoms with Gasteiger partial charge in [0.1, 0.15) is 0 Å². The van der Waals surface area contributed by atoms with Crippen LogP contribution in [0.5, 0.6) is 0 Å². The maximum absolute atomic E-state index is 6.37. The van der Waals surface area contributed by atoms with Crippen molar-refractivity contribution in [3.05, 3.63) is 71.8 Å². The molecule has 2 atom stereocenters. The molecule has 2 aromatic carbocycles. The van der Waals surface area contributed by atoms with E-state index in [9.17, 15) is 0 Å². The smallest absolute Gasteiger partial charge is 0.0900 e. The van der Waals surface area contributed by atoms with Crippen molar-refractivity contribution in [3.8, 4) is 0 Å². The molecule has 0 amide bonds. The highest BCUT2D eigenvalue weighted by molar-refractivity contribution is 5.24. The fourth-order valence-electron chi connectivity index (χ4n) is 2.14. The molecule has 0 spiro atoms. The largest absolute Gasteiger partial charge is 0.310 e. The molecule has 0 heterocycles. The minimum Gasteiger partial charge on any atom is -0.310 e. The molecular weight excluding hydrogens is 220 g/mol. The van der Waals surface area contributed by atoms with Crippen molar-refractivity contribution < 1.29 is 0 Å². The molecule has 2 aromatic rings. The van der Waals surface area contributed by atoms with Gasteiger partial charge in [-0.15, -0.1) is 0 Å². The zero-order chi connectivity index (χ0) is 13.0. The molecule has 3 N–H and O–H groups in total. The van der Waals surface area contributed by atoms with E-state index in [1.165, 1.54) is 5.56 Å². The lowest BCUT2D eigenvalue weighted by molar-refractivity contribution is 0.338. The second-order valence-corrected chi connectivity index (χ2v) is 4.85. The summed E-state index contributed by atoms with van der Waals surface area (Å²) in [4.78, 5) is 0. The van der Waals surface area contributed by atoms with E-state index in [2.05, 4.69) is 24.4 Å². The predicted molar refractivity (Wildman–Crippen MR) is 76.0 cm³/mol. The van der Waals surface area contributed by atoms with Gasteiger partial charge in [-0.1, -0.05) is 60.7 Å². The van der Waals surface area contributed by atoms with Crippen LogP contribution in [0.25, 0.3) is 0 Å². The van der Waals surface area contributed by atoms with Crippen LogP contribution in [0, 0.1) is 0 Å². The SMILES string of the molecule is CC(N[C@@](C)(N)c1ccccc1)c1ccccc1. The summed E-state index contributed by atoms with van der Waals surface area (Å²) in [7, 11) is 0. The molecule has 0 saturated heterocycles. The van der Waals surface area contributed by atoms with E-state index in [1.54, 1.807) is 0 Å². The Balaban J connectivity index is 2.14. The van der Waals surface area contributed by atoms with E-state index in [4.69, 9.17) is 5.73 Å². The normalized spacial score (nSPS) is 15.9. The Labute approximate surface area is 109 Å². The van der Waals surface area contributed by atoms with Gasteiger partial charge in [0.05, 0.1) is 5.66 Å². The Morgan fingerprint density at radius 1 is 0.944 bits per heavy atom. The molecule has 2 rings (SSSR count). The first-order chi connectivity index (χ1) is 8.59. The van der Waals surface area contributed by atoms with Crippen LogP contribution in [0.1, 0.15) is 31.0 Å². The van der Waals surface area contributed by atoms with Crippen molar-refractivity contribution in [2.75, 3.05) is 0 Å². The lowest BCUT2D eigenvalue weighted by Crippen LogP contribution is -2.48. The number of rotatable bonds is 4. The summed E-state index contributed by atoms with van der Waals surface area (Å²) >= 11 is 0. The first-order valence-electron chi connectivity index (χ1n) is 6.26. The van der Waals surface area contributed by atoms with Gasteiger partial charge in [0, 0.05) is 6.04 Å². The van der Waals surface area contributed by atoms with E-state index < -0.39 is 5.66 Å². The monoisotopic (exact) mass is 240 g/mol. The number of nitrogens with two attached hydrogens (primary N) is 1. The fraction of sp³-hybridized carbons (Fsp3) is 0.250. The Morgan fingerprint density at radius 2 is 1.44 bits per heavy atom. The van der Waals surface area contributed by atoms with Crippen molar-refractivity contribution in [1.29, 1.82) is 0 Å². The van der Waals surface area contributed by atoms with Crippen LogP contribution >= 0.6 is 0 Å². The third kappa shape index (κ3) is 2.97. The molecule has 0 saturated carbocycles. The topological polar surface area (TPSA) is 38.0 Å².